The molecule has 0 amide bonds. The van der Waals surface area contributed by atoms with Crippen molar-refractivity contribution in [2.45, 2.75) is 62.1 Å². The van der Waals surface area contributed by atoms with Crippen LogP contribution in [-0.2, 0) is 6.67 Å². The summed E-state index contributed by atoms with van der Waals surface area (Å²) in [6.07, 6.45) is 0. The molecule has 4 aromatic carbocycles. The quantitative estimate of drug-likeness (QED) is 0.158. The number of aliphatic imine (C=N–C) groups is 4. The average Bonchev–Trinajstić information content (AvgIpc) is 3.89. The monoisotopic (exact) mass is 646 g/mol. The molecule has 0 radical (unpaired) electrons. The van der Waals surface area contributed by atoms with Crippen molar-refractivity contribution in [2.75, 3.05) is 0 Å². The van der Waals surface area contributed by atoms with Gasteiger partial charge < -0.3 is 0 Å². The van der Waals surface area contributed by atoms with Crippen molar-refractivity contribution in [3.63, 3.8) is 0 Å². The highest BCUT2D eigenvalue weighted by Crippen LogP contribution is 2.40. The fourth-order valence-electron chi connectivity index (χ4n) is 6.35. The van der Waals surface area contributed by atoms with E-state index in [1.807, 2.05) is 104 Å². The molecule has 0 aliphatic carbocycles. The van der Waals surface area contributed by atoms with E-state index in [0.29, 0.717) is 30.0 Å². The summed E-state index contributed by atoms with van der Waals surface area (Å²) in [5, 5.41) is 4.02. The summed E-state index contributed by atoms with van der Waals surface area (Å²) in [7, 11) is 0. The van der Waals surface area contributed by atoms with Gasteiger partial charge in [0.05, 0.1) is 0 Å². The minimum atomic E-state index is 0.423. The second-order valence-electron chi connectivity index (χ2n) is 10.4. The van der Waals surface area contributed by atoms with Gasteiger partial charge in [0.1, 0.15) is 29.3 Å². The van der Waals surface area contributed by atoms with Gasteiger partial charge in [-0.1, -0.05) is 152 Å². The number of nitrogens with zero attached hydrogens (tertiary/aromatic N) is 8. The van der Waals surface area contributed by atoms with Crippen molar-refractivity contribution in [1.82, 2.24) is 9.13 Å². The number of aromatic nitrogens is 2. The molecule has 4 aliphatic rings. The van der Waals surface area contributed by atoms with Crippen LogP contribution in [0.1, 0.15) is 77.6 Å². The van der Waals surface area contributed by atoms with Crippen LogP contribution in [0, 0.1) is 0 Å². The molecule has 2 aromatic heterocycles. The minimum absolute atomic E-state index is 0.423. The highest BCUT2D eigenvalue weighted by Gasteiger charge is 2.29. The first-order chi connectivity index (χ1) is 24.3. The van der Waals surface area contributed by atoms with Gasteiger partial charge in [-0.15, -0.1) is 0 Å². The molecule has 0 fully saturated rings. The molecule has 8 heteroatoms. The Balaban J connectivity index is 0.000000489. The molecule has 10 rings (SSSR count). The fraction of sp³-hybridized carbons (Fsp3) is 0.220. The molecule has 8 nitrogen and oxygen atoms in total. The van der Waals surface area contributed by atoms with Gasteiger partial charge in [0.25, 0.3) is 0 Å². The maximum atomic E-state index is 5.22. The smallest absolute Gasteiger partial charge is 0.164 e. The van der Waals surface area contributed by atoms with E-state index in [9.17, 15) is 0 Å². The van der Waals surface area contributed by atoms with Crippen LogP contribution in [0.4, 0.5) is 11.6 Å². The van der Waals surface area contributed by atoms with Crippen molar-refractivity contribution < 1.29 is 0 Å². The SMILES string of the molecule is CC.CC.CC.CC.c1ccc2c(c1)C1=NC2=Nc2c3ccccc3c3n2Cn2c(c4ccccc4c2=NC2=NC(=N3)c3ccccc32)=N1. The van der Waals surface area contributed by atoms with Gasteiger partial charge in [-0.2, -0.15) is 0 Å². The Bertz CT molecular complexity index is 2290. The van der Waals surface area contributed by atoms with Crippen LogP contribution >= 0.6 is 0 Å². The van der Waals surface area contributed by atoms with Crippen LogP contribution < -0.4 is 11.0 Å². The summed E-state index contributed by atoms with van der Waals surface area (Å²) in [6, 6.07) is 32.9. The zero-order valence-electron chi connectivity index (χ0n) is 29.5. The lowest BCUT2D eigenvalue weighted by atomic mass is 10.1. The van der Waals surface area contributed by atoms with Crippen molar-refractivity contribution in [3.8, 4) is 0 Å². The lowest BCUT2D eigenvalue weighted by Gasteiger charge is -2.12. The molecule has 0 atom stereocenters. The van der Waals surface area contributed by atoms with Crippen LogP contribution in [0.15, 0.2) is 127 Å². The molecule has 0 saturated carbocycles. The molecular formula is C41H42N8. The normalized spacial score (nSPS) is 13.6. The Morgan fingerprint density at radius 3 is 1.02 bits per heavy atom. The molecule has 6 bridgehead atoms. The third-order valence-electron chi connectivity index (χ3n) is 8.21. The molecule has 4 aliphatic heterocycles. The lowest BCUT2D eigenvalue weighted by Crippen LogP contribution is -2.32. The highest BCUT2D eigenvalue weighted by molar-refractivity contribution is 6.25. The van der Waals surface area contributed by atoms with Crippen molar-refractivity contribution >= 4 is 56.5 Å². The van der Waals surface area contributed by atoms with E-state index in [1.165, 1.54) is 0 Å². The second-order valence-corrected chi connectivity index (χ2v) is 10.4. The first-order valence-electron chi connectivity index (χ1n) is 17.5. The van der Waals surface area contributed by atoms with E-state index in [1.54, 1.807) is 0 Å². The zero-order chi connectivity index (χ0) is 34.7. The van der Waals surface area contributed by atoms with Gasteiger partial charge in [-0.3, -0.25) is 9.13 Å². The van der Waals surface area contributed by atoms with Crippen molar-refractivity contribution in [2.24, 2.45) is 30.0 Å². The van der Waals surface area contributed by atoms with E-state index >= 15 is 0 Å². The maximum Gasteiger partial charge on any atom is 0.164 e. The Labute approximate surface area is 287 Å². The molecule has 6 heterocycles. The standard InChI is InChI=1S/C33H18N8.4C2H6/c1-2-10-19-18(9-1)26-34-27(19)37-31-24-15-7-8-16-25(24)33-39-29-21-12-4-3-11-20(21)28(35-29)38-32-23-14-6-5-13-22(23)30(36-26)40(32)17-41(31)33;4*1-2/h1-16H,17H2;4*1-2H3. The van der Waals surface area contributed by atoms with Crippen molar-refractivity contribution in [1.29, 1.82) is 0 Å². The number of fused-ring (bicyclic) bond motifs is 14. The fourth-order valence-corrected chi connectivity index (χ4v) is 6.35. The van der Waals surface area contributed by atoms with E-state index in [0.717, 1.165) is 66.4 Å². The van der Waals surface area contributed by atoms with Crippen LogP contribution in [-0.4, -0.2) is 32.5 Å². The van der Waals surface area contributed by atoms with E-state index < -0.39 is 0 Å². The molecule has 0 unspecified atom stereocenters. The number of hydrogen-bond donors (Lipinski definition) is 0. The molecule has 49 heavy (non-hydrogen) atoms. The summed E-state index contributed by atoms with van der Waals surface area (Å²) < 4.78 is 4.31. The van der Waals surface area contributed by atoms with Crippen LogP contribution in [0.25, 0.3) is 21.5 Å². The van der Waals surface area contributed by atoms with Crippen molar-refractivity contribution in [3.05, 3.63) is 130 Å². The van der Waals surface area contributed by atoms with Gasteiger partial charge in [-0.25, -0.2) is 30.0 Å². The predicted octanol–water partition coefficient (Wildman–Crippen LogP) is 9.15. The third kappa shape index (κ3) is 5.24. The summed E-state index contributed by atoms with van der Waals surface area (Å²) in [6.45, 7) is 16.4. The van der Waals surface area contributed by atoms with Gasteiger partial charge in [0.15, 0.2) is 23.3 Å². The van der Waals surface area contributed by atoms with E-state index in [4.69, 9.17) is 30.0 Å². The molecular weight excluding hydrogens is 605 g/mol. The molecule has 6 aromatic rings. The second kappa shape index (κ2) is 14.2. The molecule has 0 N–H and O–H groups in total. The van der Waals surface area contributed by atoms with E-state index in [2.05, 4.69) is 57.7 Å². The molecule has 246 valence electrons. The van der Waals surface area contributed by atoms with Crippen LogP contribution in [0.3, 0.4) is 0 Å². The Hall–Kier alpha value is -5.76. The van der Waals surface area contributed by atoms with Crippen LogP contribution in [0.5, 0.6) is 0 Å². The zero-order valence-corrected chi connectivity index (χ0v) is 29.5. The van der Waals surface area contributed by atoms with Crippen LogP contribution in [0.2, 0.25) is 0 Å². The number of hydrogen-bond acceptors (Lipinski definition) is 6. The average molecular weight is 647 g/mol. The maximum absolute atomic E-state index is 5.22. The summed E-state index contributed by atoms with van der Waals surface area (Å²) in [5.41, 5.74) is 5.45. The molecule has 0 spiro atoms. The van der Waals surface area contributed by atoms with E-state index in [-0.39, 0.29) is 0 Å². The predicted molar refractivity (Wildman–Crippen MR) is 205 cm³/mol. The van der Waals surface area contributed by atoms with Gasteiger partial charge in [0.2, 0.25) is 0 Å². The Kier molecular flexibility index (Phi) is 9.58. The minimum Gasteiger partial charge on any atom is -0.291 e. The summed E-state index contributed by atoms with van der Waals surface area (Å²) >= 11 is 0. The summed E-state index contributed by atoms with van der Waals surface area (Å²) in [5.74, 6) is 4.18. The highest BCUT2D eigenvalue weighted by atomic mass is 15.3. The van der Waals surface area contributed by atoms with Gasteiger partial charge >= 0.3 is 0 Å². The number of amidine groups is 4. The number of rotatable bonds is 0. The topological polar surface area (TPSA) is 84.0 Å². The molecule has 0 saturated heterocycles. The Morgan fingerprint density at radius 2 is 0.653 bits per heavy atom. The first-order valence-corrected chi connectivity index (χ1v) is 17.5. The largest absolute Gasteiger partial charge is 0.291 e. The lowest BCUT2D eigenvalue weighted by molar-refractivity contribution is 0.584. The Morgan fingerprint density at radius 1 is 0.347 bits per heavy atom. The third-order valence-corrected chi connectivity index (χ3v) is 8.21. The number of benzene rings is 4. The van der Waals surface area contributed by atoms with Gasteiger partial charge in [-0.05, 0) is 0 Å². The van der Waals surface area contributed by atoms with Gasteiger partial charge in [0, 0.05) is 43.8 Å². The summed E-state index contributed by atoms with van der Waals surface area (Å²) in [4.78, 5) is 30.9. The first kappa shape index (κ1) is 33.2.